The van der Waals surface area contributed by atoms with E-state index < -0.39 is 18.0 Å². The minimum absolute atomic E-state index is 0.00571. The Balaban J connectivity index is 1.52. The Labute approximate surface area is 177 Å². The fraction of sp³-hybridized carbons (Fsp3) is 0.182. The number of fused-ring (bicyclic) bond motifs is 1. The van der Waals surface area contributed by atoms with Crippen molar-refractivity contribution in [3.05, 3.63) is 82.2 Å². The van der Waals surface area contributed by atoms with Crippen LogP contribution in [-0.2, 0) is 11.2 Å². The second kappa shape index (κ2) is 8.54. The van der Waals surface area contributed by atoms with Crippen LogP contribution in [0.15, 0.2) is 54.7 Å². The third-order valence-electron chi connectivity index (χ3n) is 4.70. The fourth-order valence-electron chi connectivity index (χ4n) is 3.31. The Hall–Kier alpha value is -3.39. The second-order valence-electron chi connectivity index (χ2n) is 6.80. The first kappa shape index (κ1) is 19.9. The van der Waals surface area contributed by atoms with Gasteiger partial charge in [0.2, 0.25) is 5.91 Å². The fourth-order valence-corrected chi connectivity index (χ4v) is 4.07. The molecule has 0 fully saturated rings. The largest absolute Gasteiger partial charge is 0.485 e. The van der Waals surface area contributed by atoms with Crippen molar-refractivity contribution >= 4 is 23.2 Å². The molecular formula is C22H19N2O5S. The molecule has 8 heteroatoms. The molecule has 0 saturated heterocycles. The van der Waals surface area contributed by atoms with E-state index in [-0.39, 0.29) is 11.0 Å². The molecule has 0 spiro atoms. The maximum atomic E-state index is 11.4. The van der Waals surface area contributed by atoms with Gasteiger partial charge in [-0.3, -0.25) is 4.79 Å². The molecule has 1 aromatic heterocycles. The highest BCUT2D eigenvalue weighted by Gasteiger charge is 2.25. The molecule has 0 saturated carbocycles. The molecule has 1 aliphatic rings. The van der Waals surface area contributed by atoms with Crippen molar-refractivity contribution in [3.8, 4) is 11.5 Å². The Morgan fingerprint density at radius 1 is 1.27 bits per heavy atom. The molecule has 153 valence electrons. The maximum absolute atomic E-state index is 11.4. The second-order valence-corrected chi connectivity index (χ2v) is 7.86. The van der Waals surface area contributed by atoms with Gasteiger partial charge in [-0.1, -0.05) is 30.3 Å². The summed E-state index contributed by atoms with van der Waals surface area (Å²) in [5.74, 6) is -0.458. The number of hydrogen-bond donors (Lipinski definition) is 2. The number of amides is 1. The highest BCUT2D eigenvalue weighted by molar-refractivity contribution is 7.13. The van der Waals surface area contributed by atoms with Crippen molar-refractivity contribution in [2.24, 2.45) is 5.73 Å². The number of nitrogens with two attached hydrogens (primary N) is 1. The summed E-state index contributed by atoms with van der Waals surface area (Å²) in [6, 6.07) is 15.5. The van der Waals surface area contributed by atoms with Crippen LogP contribution in [0.1, 0.15) is 44.4 Å². The van der Waals surface area contributed by atoms with Crippen LogP contribution in [0.3, 0.4) is 0 Å². The number of rotatable bonds is 7. The number of ether oxygens (including phenoxy) is 2. The van der Waals surface area contributed by atoms with Gasteiger partial charge in [0.1, 0.15) is 27.5 Å². The molecule has 0 bridgehead atoms. The predicted molar refractivity (Wildman–Crippen MR) is 111 cm³/mol. The number of carboxylic acids is 1. The summed E-state index contributed by atoms with van der Waals surface area (Å²) in [5.41, 5.74) is 7.44. The zero-order valence-corrected chi connectivity index (χ0v) is 16.7. The lowest BCUT2D eigenvalue weighted by atomic mass is 9.97. The van der Waals surface area contributed by atoms with E-state index in [0.29, 0.717) is 10.8 Å². The first-order chi connectivity index (χ1) is 14.5. The van der Waals surface area contributed by atoms with Crippen molar-refractivity contribution in [3.63, 3.8) is 0 Å². The minimum Gasteiger partial charge on any atom is -0.485 e. The number of carbonyl (C=O) groups excluding carboxylic acids is 1. The Bertz CT molecular complexity index is 1070. The van der Waals surface area contributed by atoms with Crippen molar-refractivity contribution in [2.75, 3.05) is 0 Å². The average Bonchev–Trinajstić information content (AvgIpc) is 3.24. The van der Waals surface area contributed by atoms with Gasteiger partial charge in [0, 0.05) is 0 Å². The van der Waals surface area contributed by atoms with E-state index in [2.05, 4.69) is 17.1 Å². The highest BCUT2D eigenvalue weighted by Crippen LogP contribution is 2.38. The van der Waals surface area contributed by atoms with Crippen LogP contribution in [0, 0.1) is 6.42 Å². The molecule has 7 nitrogen and oxygen atoms in total. The van der Waals surface area contributed by atoms with Crippen LogP contribution in [0.5, 0.6) is 11.5 Å². The quantitative estimate of drug-likeness (QED) is 0.599. The topological polar surface area (TPSA) is 112 Å². The first-order valence-corrected chi connectivity index (χ1v) is 10.2. The van der Waals surface area contributed by atoms with Crippen molar-refractivity contribution in [2.45, 2.75) is 25.0 Å². The number of aromatic nitrogens is 1. The number of benzene rings is 2. The lowest BCUT2D eigenvalue weighted by Crippen LogP contribution is -2.20. The van der Waals surface area contributed by atoms with E-state index in [1.165, 1.54) is 12.6 Å². The van der Waals surface area contributed by atoms with E-state index >= 15 is 0 Å². The minimum atomic E-state index is -1.09. The molecule has 2 aromatic carbocycles. The smallest absolute Gasteiger partial charge is 0.347 e. The van der Waals surface area contributed by atoms with Crippen LogP contribution < -0.4 is 15.2 Å². The summed E-state index contributed by atoms with van der Waals surface area (Å²) in [5, 5.41) is 9.44. The number of hydrogen-bond acceptors (Lipinski definition) is 6. The number of aryl methyl sites for hydroxylation is 1. The van der Waals surface area contributed by atoms with E-state index in [4.69, 9.17) is 20.3 Å². The molecular weight excluding hydrogens is 404 g/mol. The monoisotopic (exact) mass is 423 g/mol. The van der Waals surface area contributed by atoms with Gasteiger partial charge < -0.3 is 20.3 Å². The zero-order valence-electron chi connectivity index (χ0n) is 15.9. The normalized spacial score (nSPS) is 16.2. The number of carbonyl (C=O) groups is 2. The van der Waals surface area contributed by atoms with Gasteiger partial charge in [-0.05, 0) is 42.2 Å². The standard InChI is InChI=1S/C22H19N2O5S/c23-20(25)11-18(21-24-12-19(30-21)22(26)27)28-15-7-9-17-14(10-15)6-8-16(29-17)13-4-2-1-3-5-13/h1-5,7,9-12,16,18H,6,8H2,(H2,23,25)(H,26,27). The number of thiazole rings is 1. The molecule has 1 amide bonds. The van der Waals surface area contributed by atoms with Gasteiger partial charge in [-0.25, -0.2) is 9.78 Å². The molecule has 2 unspecified atom stereocenters. The number of carboxylic acid groups (broad SMARTS) is 1. The molecule has 3 aromatic rings. The lowest BCUT2D eigenvalue weighted by Gasteiger charge is -2.27. The molecule has 3 N–H and O–H groups in total. The SMILES string of the molecule is NC(=O)[CH]C(Oc1ccc2c(c1)CCC(c1ccccc1)O2)c1ncc(C(=O)O)s1. The highest BCUT2D eigenvalue weighted by atomic mass is 32.1. The third kappa shape index (κ3) is 4.44. The Morgan fingerprint density at radius 2 is 2.07 bits per heavy atom. The van der Waals surface area contributed by atoms with Gasteiger partial charge in [-0.15, -0.1) is 11.3 Å². The van der Waals surface area contributed by atoms with Gasteiger partial charge in [0.05, 0.1) is 12.6 Å². The first-order valence-electron chi connectivity index (χ1n) is 9.34. The van der Waals surface area contributed by atoms with Gasteiger partial charge in [0.25, 0.3) is 0 Å². The number of primary amides is 1. The van der Waals surface area contributed by atoms with Crippen LogP contribution in [0.25, 0.3) is 0 Å². The Kier molecular flexibility index (Phi) is 5.67. The van der Waals surface area contributed by atoms with Crippen LogP contribution in [0.4, 0.5) is 0 Å². The molecule has 1 radical (unpaired) electrons. The molecule has 4 rings (SSSR count). The van der Waals surface area contributed by atoms with Gasteiger partial charge >= 0.3 is 5.97 Å². The van der Waals surface area contributed by atoms with Crippen molar-refractivity contribution in [1.82, 2.24) is 4.98 Å². The number of nitrogens with zero attached hydrogens (tertiary/aromatic N) is 1. The van der Waals surface area contributed by atoms with Crippen molar-refractivity contribution in [1.29, 1.82) is 0 Å². The average molecular weight is 423 g/mol. The summed E-state index contributed by atoms with van der Waals surface area (Å²) in [7, 11) is 0. The van der Waals surface area contributed by atoms with E-state index in [1.54, 1.807) is 6.07 Å². The van der Waals surface area contributed by atoms with Crippen LogP contribution in [0.2, 0.25) is 0 Å². The molecule has 2 heterocycles. The summed E-state index contributed by atoms with van der Waals surface area (Å²) < 4.78 is 12.1. The Morgan fingerprint density at radius 3 is 2.77 bits per heavy atom. The zero-order chi connectivity index (χ0) is 21.1. The summed E-state index contributed by atoms with van der Waals surface area (Å²) >= 11 is 0.938. The van der Waals surface area contributed by atoms with Gasteiger partial charge in [0.15, 0.2) is 6.10 Å². The van der Waals surface area contributed by atoms with Gasteiger partial charge in [-0.2, -0.15) is 0 Å². The lowest BCUT2D eigenvalue weighted by molar-refractivity contribution is -0.115. The summed E-state index contributed by atoms with van der Waals surface area (Å²) in [4.78, 5) is 26.7. The third-order valence-corrected chi connectivity index (χ3v) is 5.75. The molecule has 2 atom stereocenters. The van der Waals surface area contributed by atoms with E-state index in [1.807, 2.05) is 30.3 Å². The predicted octanol–water partition coefficient (Wildman–Crippen LogP) is 3.72. The number of aromatic carboxylic acids is 1. The van der Waals surface area contributed by atoms with Crippen molar-refractivity contribution < 1.29 is 24.2 Å². The molecule has 1 aliphatic heterocycles. The molecule has 30 heavy (non-hydrogen) atoms. The van der Waals surface area contributed by atoms with Crippen LogP contribution in [-0.4, -0.2) is 22.0 Å². The summed E-state index contributed by atoms with van der Waals surface area (Å²) in [6.07, 6.45) is 3.19. The van der Waals surface area contributed by atoms with E-state index in [0.717, 1.165) is 41.1 Å². The summed E-state index contributed by atoms with van der Waals surface area (Å²) in [6.45, 7) is 0. The van der Waals surface area contributed by atoms with E-state index in [9.17, 15) is 9.59 Å². The molecule has 0 aliphatic carbocycles. The van der Waals surface area contributed by atoms with Crippen LogP contribution >= 0.6 is 11.3 Å². The maximum Gasteiger partial charge on any atom is 0.347 e.